The van der Waals surface area contributed by atoms with Gasteiger partial charge >= 0.3 is 0 Å². The van der Waals surface area contributed by atoms with Crippen molar-refractivity contribution in [3.8, 4) is 0 Å². The molecular weight excluding hydrogens is 371 g/mol. The van der Waals surface area contributed by atoms with E-state index in [1.807, 2.05) is 24.3 Å². The fourth-order valence-electron chi connectivity index (χ4n) is 1.94. The maximum Gasteiger partial charge on any atom is 0.147 e. The van der Waals surface area contributed by atoms with Crippen LogP contribution in [0.5, 0.6) is 0 Å². The van der Waals surface area contributed by atoms with Crippen molar-refractivity contribution in [1.82, 2.24) is 0 Å². The number of rotatable bonds is 7. The van der Waals surface area contributed by atoms with E-state index in [0.717, 1.165) is 10.0 Å². The fraction of sp³-hybridized carbons (Fsp3) is 0.538. The zero-order valence-electron chi connectivity index (χ0n) is 10.7. The molecular formula is C13H17BrCl2O2S. The molecule has 0 aliphatic carbocycles. The molecule has 0 N–H and O–H groups in total. The van der Waals surface area contributed by atoms with Crippen LogP contribution in [0, 0.1) is 0 Å². The second-order valence-electron chi connectivity index (χ2n) is 4.79. The lowest BCUT2D eigenvalue weighted by Crippen LogP contribution is -2.31. The van der Waals surface area contributed by atoms with Crippen LogP contribution in [0.1, 0.15) is 18.4 Å². The van der Waals surface area contributed by atoms with Crippen LogP contribution < -0.4 is 0 Å². The predicted molar refractivity (Wildman–Crippen MR) is 86.2 cm³/mol. The molecule has 0 radical (unpaired) electrons. The van der Waals surface area contributed by atoms with Crippen LogP contribution in [0.3, 0.4) is 0 Å². The summed E-state index contributed by atoms with van der Waals surface area (Å²) in [5.74, 6) is 0.919. The van der Waals surface area contributed by atoms with Gasteiger partial charge in [0.25, 0.3) is 0 Å². The summed E-state index contributed by atoms with van der Waals surface area (Å²) < 4.78 is 23.4. The average molecular weight is 388 g/mol. The van der Waals surface area contributed by atoms with Crippen LogP contribution in [0.15, 0.2) is 28.7 Å². The molecule has 0 heterocycles. The highest BCUT2D eigenvalue weighted by molar-refractivity contribution is 9.10. The van der Waals surface area contributed by atoms with Crippen molar-refractivity contribution in [2.75, 3.05) is 23.8 Å². The summed E-state index contributed by atoms with van der Waals surface area (Å²) in [5, 5.41) is 0. The SMILES string of the molecule is CS(=O)(=O)CCCC(CCl)(CCl)c1ccc(Br)cc1. The standard InChI is InChI=1S/C13H17BrCl2O2S/c1-19(17,18)8-2-7-13(9-15,10-16)11-3-5-12(14)6-4-11/h3-6H,2,7-10H2,1H3. The van der Waals surface area contributed by atoms with Gasteiger partial charge in [-0.2, -0.15) is 0 Å². The number of halogens is 3. The fourth-order valence-corrected chi connectivity index (χ4v) is 3.74. The van der Waals surface area contributed by atoms with Crippen molar-refractivity contribution in [3.05, 3.63) is 34.3 Å². The Bertz CT molecular complexity index is 496. The van der Waals surface area contributed by atoms with Crippen molar-refractivity contribution >= 4 is 49.0 Å². The van der Waals surface area contributed by atoms with Crippen LogP contribution in [0.2, 0.25) is 0 Å². The van der Waals surface area contributed by atoms with E-state index in [9.17, 15) is 8.42 Å². The molecule has 0 saturated carbocycles. The van der Waals surface area contributed by atoms with Crippen LogP contribution in [0.25, 0.3) is 0 Å². The summed E-state index contributed by atoms with van der Waals surface area (Å²) in [7, 11) is -2.95. The van der Waals surface area contributed by atoms with E-state index in [2.05, 4.69) is 15.9 Å². The molecule has 0 unspecified atom stereocenters. The van der Waals surface area contributed by atoms with Gasteiger partial charge < -0.3 is 0 Å². The Kier molecular flexibility index (Phi) is 6.64. The molecule has 0 atom stereocenters. The maximum absolute atomic E-state index is 11.2. The summed E-state index contributed by atoms with van der Waals surface area (Å²) in [5.41, 5.74) is 0.684. The molecule has 0 bridgehead atoms. The number of hydrogen-bond acceptors (Lipinski definition) is 2. The minimum Gasteiger partial charge on any atom is -0.229 e. The van der Waals surface area contributed by atoms with Crippen LogP contribution in [-0.4, -0.2) is 32.2 Å². The largest absolute Gasteiger partial charge is 0.229 e. The van der Waals surface area contributed by atoms with E-state index in [-0.39, 0.29) is 11.2 Å². The Balaban J connectivity index is 2.87. The van der Waals surface area contributed by atoms with E-state index >= 15 is 0 Å². The van der Waals surface area contributed by atoms with E-state index in [4.69, 9.17) is 23.2 Å². The second kappa shape index (κ2) is 7.30. The quantitative estimate of drug-likeness (QED) is 0.663. The van der Waals surface area contributed by atoms with Gasteiger partial charge in [0.2, 0.25) is 0 Å². The highest BCUT2D eigenvalue weighted by Gasteiger charge is 2.30. The smallest absolute Gasteiger partial charge is 0.147 e. The van der Waals surface area contributed by atoms with Crippen molar-refractivity contribution in [2.45, 2.75) is 18.3 Å². The third kappa shape index (κ3) is 5.25. The monoisotopic (exact) mass is 386 g/mol. The summed E-state index contributed by atoms with van der Waals surface area (Å²) in [4.78, 5) is 0. The molecule has 0 amide bonds. The Morgan fingerprint density at radius 3 is 2.11 bits per heavy atom. The van der Waals surface area contributed by atoms with Gasteiger partial charge in [-0.25, -0.2) is 8.42 Å². The summed E-state index contributed by atoms with van der Waals surface area (Å²) in [6.45, 7) is 0. The lowest BCUT2D eigenvalue weighted by molar-refractivity contribution is 0.483. The number of hydrogen-bond donors (Lipinski definition) is 0. The zero-order chi connectivity index (χ0) is 14.5. The minimum absolute atomic E-state index is 0.166. The van der Waals surface area contributed by atoms with Crippen LogP contribution >= 0.6 is 39.1 Å². The van der Waals surface area contributed by atoms with Gasteiger partial charge in [-0.05, 0) is 30.5 Å². The first-order valence-corrected chi connectivity index (χ1v) is 9.81. The maximum atomic E-state index is 11.2. The molecule has 0 spiro atoms. The highest BCUT2D eigenvalue weighted by Crippen LogP contribution is 2.33. The molecule has 0 saturated heterocycles. The summed E-state index contributed by atoms with van der Waals surface area (Å²) in [6.07, 6.45) is 2.47. The molecule has 0 aromatic heterocycles. The molecule has 19 heavy (non-hydrogen) atoms. The first kappa shape index (κ1) is 17.3. The molecule has 0 aliphatic rings. The van der Waals surface area contributed by atoms with Gasteiger partial charge in [-0.15, -0.1) is 23.2 Å². The molecule has 1 aromatic carbocycles. The van der Waals surface area contributed by atoms with E-state index in [1.54, 1.807) is 0 Å². The summed E-state index contributed by atoms with van der Waals surface area (Å²) >= 11 is 15.6. The lowest BCUT2D eigenvalue weighted by atomic mass is 9.80. The number of benzene rings is 1. The number of sulfone groups is 1. The van der Waals surface area contributed by atoms with E-state index < -0.39 is 9.84 Å². The topological polar surface area (TPSA) is 34.1 Å². The normalized spacial score (nSPS) is 12.6. The van der Waals surface area contributed by atoms with Gasteiger partial charge in [0.1, 0.15) is 9.84 Å². The third-order valence-corrected chi connectivity index (χ3v) is 5.72. The zero-order valence-corrected chi connectivity index (χ0v) is 14.6. The molecule has 2 nitrogen and oxygen atoms in total. The van der Waals surface area contributed by atoms with Crippen LogP contribution in [-0.2, 0) is 15.3 Å². The molecule has 1 rings (SSSR count). The Hall–Kier alpha value is 0.230. The Morgan fingerprint density at radius 2 is 1.68 bits per heavy atom. The van der Waals surface area contributed by atoms with Crippen molar-refractivity contribution in [2.24, 2.45) is 0 Å². The van der Waals surface area contributed by atoms with Gasteiger partial charge in [0, 0.05) is 33.7 Å². The van der Waals surface area contributed by atoms with Gasteiger partial charge in [-0.3, -0.25) is 0 Å². The molecule has 6 heteroatoms. The van der Waals surface area contributed by atoms with E-state index in [0.29, 0.717) is 24.6 Å². The first-order chi connectivity index (χ1) is 8.83. The van der Waals surface area contributed by atoms with E-state index in [1.165, 1.54) is 6.26 Å². The van der Waals surface area contributed by atoms with Crippen molar-refractivity contribution in [3.63, 3.8) is 0 Å². The van der Waals surface area contributed by atoms with Crippen molar-refractivity contribution < 1.29 is 8.42 Å². The van der Waals surface area contributed by atoms with Crippen LogP contribution in [0.4, 0.5) is 0 Å². The molecule has 108 valence electrons. The second-order valence-corrected chi connectivity index (χ2v) is 8.50. The molecule has 0 fully saturated rings. The van der Waals surface area contributed by atoms with Crippen molar-refractivity contribution in [1.29, 1.82) is 0 Å². The minimum atomic E-state index is -2.95. The number of alkyl halides is 2. The van der Waals surface area contributed by atoms with Gasteiger partial charge in [0.05, 0.1) is 0 Å². The Morgan fingerprint density at radius 1 is 1.16 bits per heavy atom. The third-order valence-electron chi connectivity index (χ3n) is 3.14. The average Bonchev–Trinajstić information content (AvgIpc) is 2.35. The first-order valence-electron chi connectivity index (χ1n) is 5.89. The Labute approximate surface area is 133 Å². The highest BCUT2D eigenvalue weighted by atomic mass is 79.9. The summed E-state index contributed by atoms with van der Waals surface area (Å²) in [6, 6.07) is 7.85. The lowest BCUT2D eigenvalue weighted by Gasteiger charge is -2.30. The molecule has 1 aromatic rings. The molecule has 0 aliphatic heterocycles. The van der Waals surface area contributed by atoms with Gasteiger partial charge in [-0.1, -0.05) is 28.1 Å². The predicted octanol–water partition coefficient (Wildman–Crippen LogP) is 3.99. The van der Waals surface area contributed by atoms with Gasteiger partial charge in [0.15, 0.2) is 0 Å².